The largest absolute Gasteiger partial charge is 0.393 e. The number of aliphatic hydroxyl groups is 1. The van der Waals surface area contributed by atoms with E-state index in [4.69, 9.17) is 0 Å². The topological polar surface area (TPSA) is 77.2 Å². The lowest BCUT2D eigenvalue weighted by molar-refractivity contribution is 0.101. The summed E-state index contributed by atoms with van der Waals surface area (Å²) in [4.78, 5) is 15.2. The summed E-state index contributed by atoms with van der Waals surface area (Å²) >= 11 is 0. The van der Waals surface area contributed by atoms with E-state index in [1.807, 2.05) is 25.1 Å². The highest BCUT2D eigenvalue weighted by Gasteiger charge is 2.20. The van der Waals surface area contributed by atoms with E-state index in [1.54, 1.807) is 0 Å². The minimum absolute atomic E-state index is 0.188. The molecule has 5 heteroatoms. The molecule has 22 heavy (non-hydrogen) atoms. The molecule has 3 rings (SSSR count). The van der Waals surface area contributed by atoms with Crippen LogP contribution >= 0.6 is 0 Å². The van der Waals surface area contributed by atoms with Crippen LogP contribution in [-0.4, -0.2) is 28.8 Å². The van der Waals surface area contributed by atoms with Crippen LogP contribution < -0.4 is 10.6 Å². The summed E-state index contributed by atoms with van der Waals surface area (Å²) in [6, 6.07) is 7.69. The molecule has 118 valence electrons. The van der Waals surface area contributed by atoms with E-state index in [1.165, 1.54) is 0 Å². The number of hydrogen-bond acceptors (Lipinski definition) is 2. The van der Waals surface area contributed by atoms with Crippen LogP contribution in [0.3, 0.4) is 0 Å². The number of amides is 2. The van der Waals surface area contributed by atoms with Gasteiger partial charge in [-0.2, -0.15) is 0 Å². The minimum Gasteiger partial charge on any atom is -0.393 e. The molecule has 2 amide bonds. The van der Waals surface area contributed by atoms with Gasteiger partial charge in [0, 0.05) is 28.8 Å². The predicted octanol–water partition coefficient (Wildman–Crippen LogP) is 3.15. The molecule has 1 fully saturated rings. The number of carbonyl (C=O) groups is 1. The van der Waals surface area contributed by atoms with Gasteiger partial charge in [-0.3, -0.25) is 0 Å². The molecule has 4 N–H and O–H groups in total. The van der Waals surface area contributed by atoms with E-state index in [-0.39, 0.29) is 12.1 Å². The molecule has 2 unspecified atom stereocenters. The Morgan fingerprint density at radius 3 is 3.05 bits per heavy atom. The lowest BCUT2D eigenvalue weighted by Gasteiger charge is -2.25. The average Bonchev–Trinajstić information content (AvgIpc) is 2.84. The van der Waals surface area contributed by atoms with Gasteiger partial charge >= 0.3 is 6.03 Å². The van der Waals surface area contributed by atoms with E-state index < -0.39 is 0 Å². The zero-order chi connectivity index (χ0) is 15.5. The average molecular weight is 301 g/mol. The van der Waals surface area contributed by atoms with Gasteiger partial charge < -0.3 is 20.7 Å². The lowest BCUT2D eigenvalue weighted by Crippen LogP contribution is -2.35. The Hall–Kier alpha value is -2.01. The summed E-state index contributed by atoms with van der Waals surface area (Å²) in [5.41, 5.74) is 2.96. The van der Waals surface area contributed by atoms with Crippen LogP contribution in [0, 0.1) is 12.8 Å². The number of nitrogens with one attached hydrogen (secondary N) is 3. The van der Waals surface area contributed by atoms with Gasteiger partial charge in [-0.15, -0.1) is 0 Å². The van der Waals surface area contributed by atoms with Crippen LogP contribution in [0.25, 0.3) is 10.9 Å². The molecular formula is C17H23N3O2. The number of hydrogen-bond donors (Lipinski definition) is 4. The highest BCUT2D eigenvalue weighted by atomic mass is 16.3. The summed E-state index contributed by atoms with van der Waals surface area (Å²) < 4.78 is 0. The van der Waals surface area contributed by atoms with Crippen molar-refractivity contribution in [3.8, 4) is 0 Å². The standard InChI is InChI=1S/C17H23N3O2/c1-11-7-13-9-14(5-6-16(13)19-11)20-17(22)18-10-12-3-2-4-15(21)8-12/h5-7,9,12,15,19,21H,2-4,8,10H2,1H3,(H2,18,20,22). The van der Waals surface area contributed by atoms with Gasteiger partial charge in [-0.05, 0) is 56.4 Å². The van der Waals surface area contributed by atoms with Crippen LogP contribution in [0.2, 0.25) is 0 Å². The Morgan fingerprint density at radius 2 is 2.23 bits per heavy atom. The Kier molecular flexibility index (Phi) is 4.34. The molecule has 0 bridgehead atoms. The molecular weight excluding hydrogens is 278 g/mol. The van der Waals surface area contributed by atoms with Crippen molar-refractivity contribution < 1.29 is 9.90 Å². The predicted molar refractivity (Wildman–Crippen MR) is 88.0 cm³/mol. The first kappa shape index (κ1) is 14.9. The van der Waals surface area contributed by atoms with Gasteiger partial charge in [0.25, 0.3) is 0 Å². The third kappa shape index (κ3) is 3.60. The summed E-state index contributed by atoms with van der Waals surface area (Å²) in [6.45, 7) is 2.63. The van der Waals surface area contributed by atoms with E-state index in [0.29, 0.717) is 12.5 Å². The molecule has 1 heterocycles. The summed E-state index contributed by atoms with van der Waals surface area (Å²) in [5.74, 6) is 0.379. The number of aromatic nitrogens is 1. The fraction of sp³-hybridized carbons (Fsp3) is 0.471. The number of carbonyl (C=O) groups excluding carboxylic acids is 1. The molecule has 1 aliphatic carbocycles. The molecule has 0 spiro atoms. The number of rotatable bonds is 3. The smallest absolute Gasteiger partial charge is 0.319 e. The summed E-state index contributed by atoms with van der Waals surface area (Å²) in [6.07, 6.45) is 3.58. The van der Waals surface area contributed by atoms with Crippen molar-refractivity contribution in [3.05, 3.63) is 30.0 Å². The Morgan fingerprint density at radius 1 is 1.36 bits per heavy atom. The van der Waals surface area contributed by atoms with Gasteiger partial charge in [0.15, 0.2) is 0 Å². The monoisotopic (exact) mass is 301 g/mol. The van der Waals surface area contributed by atoms with E-state index in [9.17, 15) is 9.90 Å². The molecule has 1 aromatic heterocycles. The first-order valence-electron chi connectivity index (χ1n) is 7.92. The number of aromatic amines is 1. The van der Waals surface area contributed by atoms with Crippen LogP contribution in [-0.2, 0) is 0 Å². The van der Waals surface area contributed by atoms with Crippen molar-refractivity contribution in [3.63, 3.8) is 0 Å². The minimum atomic E-state index is -0.206. The maximum Gasteiger partial charge on any atom is 0.319 e. The second-order valence-electron chi connectivity index (χ2n) is 6.28. The van der Waals surface area contributed by atoms with Gasteiger partial charge in [0.05, 0.1) is 6.10 Å². The van der Waals surface area contributed by atoms with Crippen LogP contribution in [0.5, 0.6) is 0 Å². The molecule has 1 saturated carbocycles. The second-order valence-corrected chi connectivity index (χ2v) is 6.28. The van der Waals surface area contributed by atoms with Crippen LogP contribution in [0.4, 0.5) is 10.5 Å². The van der Waals surface area contributed by atoms with E-state index in [2.05, 4.69) is 21.7 Å². The molecule has 0 radical (unpaired) electrons. The van der Waals surface area contributed by atoms with Crippen molar-refractivity contribution in [1.29, 1.82) is 0 Å². The maximum atomic E-state index is 12.0. The number of anilines is 1. The maximum absolute atomic E-state index is 12.0. The number of aliphatic hydroxyl groups excluding tert-OH is 1. The zero-order valence-electron chi connectivity index (χ0n) is 12.9. The lowest BCUT2D eigenvalue weighted by atomic mass is 9.87. The third-order valence-electron chi connectivity index (χ3n) is 4.32. The highest BCUT2D eigenvalue weighted by Crippen LogP contribution is 2.23. The van der Waals surface area contributed by atoms with E-state index >= 15 is 0 Å². The fourth-order valence-electron chi connectivity index (χ4n) is 3.22. The van der Waals surface area contributed by atoms with Gasteiger partial charge in [-0.25, -0.2) is 4.79 Å². The zero-order valence-corrected chi connectivity index (χ0v) is 12.9. The highest BCUT2D eigenvalue weighted by molar-refractivity contribution is 5.92. The first-order valence-corrected chi connectivity index (χ1v) is 7.92. The third-order valence-corrected chi connectivity index (χ3v) is 4.32. The van der Waals surface area contributed by atoms with Gasteiger partial charge in [0.2, 0.25) is 0 Å². The molecule has 0 saturated heterocycles. The molecule has 1 aliphatic rings. The Balaban J connectivity index is 1.53. The molecule has 5 nitrogen and oxygen atoms in total. The fourth-order valence-corrected chi connectivity index (χ4v) is 3.22. The van der Waals surface area contributed by atoms with Gasteiger partial charge in [-0.1, -0.05) is 6.42 Å². The molecule has 2 aromatic rings. The van der Waals surface area contributed by atoms with Crippen LogP contribution in [0.15, 0.2) is 24.3 Å². The summed E-state index contributed by atoms with van der Waals surface area (Å²) in [5, 5.41) is 16.5. The van der Waals surface area contributed by atoms with Crippen molar-refractivity contribution in [2.45, 2.75) is 38.7 Å². The normalized spacial score (nSPS) is 21.7. The van der Waals surface area contributed by atoms with Gasteiger partial charge in [0.1, 0.15) is 0 Å². The number of benzene rings is 1. The molecule has 1 aromatic carbocycles. The van der Waals surface area contributed by atoms with Crippen molar-refractivity contribution >= 4 is 22.6 Å². The van der Waals surface area contributed by atoms with Crippen LogP contribution in [0.1, 0.15) is 31.4 Å². The van der Waals surface area contributed by atoms with Crippen molar-refractivity contribution in [2.75, 3.05) is 11.9 Å². The number of fused-ring (bicyclic) bond motifs is 1. The Bertz CT molecular complexity index is 665. The number of H-pyrrole nitrogens is 1. The quantitative estimate of drug-likeness (QED) is 0.703. The number of urea groups is 1. The van der Waals surface area contributed by atoms with E-state index in [0.717, 1.165) is 48.0 Å². The first-order chi connectivity index (χ1) is 10.6. The number of aryl methyl sites for hydroxylation is 1. The summed E-state index contributed by atoms with van der Waals surface area (Å²) in [7, 11) is 0. The van der Waals surface area contributed by atoms with Crippen molar-refractivity contribution in [1.82, 2.24) is 10.3 Å². The molecule has 2 atom stereocenters. The Labute approximate surface area is 130 Å². The SMILES string of the molecule is Cc1cc2cc(NC(=O)NCC3CCCC(O)C3)ccc2[nH]1. The second kappa shape index (κ2) is 6.40. The molecule has 0 aliphatic heterocycles. The van der Waals surface area contributed by atoms with Crippen molar-refractivity contribution in [2.24, 2.45) is 5.92 Å².